The lowest BCUT2D eigenvalue weighted by Crippen LogP contribution is -2.51. The second-order valence-corrected chi connectivity index (χ2v) is 11.0. The van der Waals surface area contributed by atoms with Crippen LogP contribution in [0.5, 0.6) is 0 Å². The monoisotopic (exact) mass is 521 g/mol. The highest BCUT2D eigenvalue weighted by atomic mass is 19.3. The summed E-state index contributed by atoms with van der Waals surface area (Å²) in [7, 11) is 0. The second-order valence-electron chi connectivity index (χ2n) is 11.0. The number of halogens is 3. The Morgan fingerprint density at radius 1 is 1.08 bits per heavy atom. The van der Waals surface area contributed by atoms with Crippen LogP contribution < -0.4 is 5.32 Å². The van der Waals surface area contributed by atoms with E-state index in [1.54, 1.807) is 57.3 Å². The van der Waals surface area contributed by atoms with E-state index in [-0.39, 0.29) is 0 Å². The molecule has 2 atom stereocenters. The predicted octanol–water partition coefficient (Wildman–Crippen LogP) is 5.75. The van der Waals surface area contributed by atoms with Gasteiger partial charge in [-0.15, -0.1) is 0 Å². The topological polar surface area (TPSA) is 80.8 Å². The van der Waals surface area contributed by atoms with Gasteiger partial charge in [-0.05, 0) is 65.7 Å². The molecule has 7 nitrogen and oxygen atoms in total. The predicted molar refractivity (Wildman–Crippen MR) is 133 cm³/mol. The number of ether oxygens (including phenoxy) is 2. The molecule has 2 aromatic rings. The first-order valence-corrected chi connectivity index (χ1v) is 12.0. The molecule has 1 saturated heterocycles. The first kappa shape index (κ1) is 28.4. The Labute approximate surface area is 215 Å². The number of amides is 2. The van der Waals surface area contributed by atoms with Gasteiger partial charge in [0, 0.05) is 11.8 Å². The average Bonchev–Trinajstić information content (AvgIpc) is 3.07. The van der Waals surface area contributed by atoms with Crippen molar-refractivity contribution in [3.05, 3.63) is 53.9 Å². The van der Waals surface area contributed by atoms with Crippen molar-refractivity contribution in [3.8, 4) is 11.1 Å². The number of rotatable bonds is 6. The number of hydrogen-bond acceptors (Lipinski definition) is 5. The van der Waals surface area contributed by atoms with E-state index >= 15 is 0 Å². The van der Waals surface area contributed by atoms with Crippen molar-refractivity contribution in [2.45, 2.75) is 83.9 Å². The summed E-state index contributed by atoms with van der Waals surface area (Å²) in [6, 6.07) is 9.52. The number of aromatic nitrogens is 1. The maximum Gasteiger partial charge on any atom is 0.408 e. The summed E-state index contributed by atoms with van der Waals surface area (Å²) >= 11 is 0. The fourth-order valence-corrected chi connectivity index (χ4v) is 4.38. The van der Waals surface area contributed by atoms with E-state index in [4.69, 9.17) is 9.47 Å². The third-order valence-corrected chi connectivity index (χ3v) is 6.05. The van der Waals surface area contributed by atoms with Crippen LogP contribution in [0.3, 0.4) is 0 Å². The standard InChI is InChI=1S/C27H34F3N3O4/c1-25(2,3)37-24(35)32-26(4,5)20-13-12-18(15-31-20)16-8-10-17(11-9-16)21-19(14-28)33(23(34)22(29)30)27(6,7)36-21/h8-13,15,19,21-22H,14H2,1-7H3,(H,32,35)/t19-,21-/m1/s1. The number of carbonyl (C=O) groups excluding carboxylic acids is 2. The Morgan fingerprint density at radius 3 is 2.16 bits per heavy atom. The van der Waals surface area contributed by atoms with E-state index in [0.717, 1.165) is 16.0 Å². The van der Waals surface area contributed by atoms with E-state index in [1.165, 1.54) is 13.8 Å². The molecule has 3 rings (SSSR count). The molecular weight excluding hydrogens is 487 g/mol. The molecular formula is C27H34F3N3O4. The Morgan fingerprint density at radius 2 is 1.68 bits per heavy atom. The quantitative estimate of drug-likeness (QED) is 0.524. The molecule has 2 amide bonds. The van der Waals surface area contributed by atoms with Crippen LogP contribution in [-0.2, 0) is 19.8 Å². The molecule has 0 spiro atoms. The number of alkyl carbamates (subject to hydrolysis) is 1. The number of benzene rings is 1. The maximum absolute atomic E-state index is 13.9. The number of nitrogens with one attached hydrogen (secondary N) is 1. The van der Waals surface area contributed by atoms with Gasteiger partial charge < -0.3 is 19.7 Å². The molecule has 10 heteroatoms. The number of carbonyl (C=O) groups is 2. The summed E-state index contributed by atoms with van der Waals surface area (Å²) in [6.07, 6.45) is -3.02. The van der Waals surface area contributed by atoms with Crippen molar-refractivity contribution in [3.63, 3.8) is 0 Å². The van der Waals surface area contributed by atoms with E-state index in [2.05, 4.69) is 10.3 Å². The molecule has 2 heterocycles. The largest absolute Gasteiger partial charge is 0.444 e. The molecule has 0 aliphatic carbocycles. The molecule has 0 bridgehead atoms. The molecule has 0 radical (unpaired) electrons. The molecule has 37 heavy (non-hydrogen) atoms. The van der Waals surface area contributed by atoms with Crippen LogP contribution in [0.2, 0.25) is 0 Å². The van der Waals surface area contributed by atoms with Crippen molar-refractivity contribution < 1.29 is 32.2 Å². The van der Waals surface area contributed by atoms with E-state index in [9.17, 15) is 22.8 Å². The van der Waals surface area contributed by atoms with E-state index in [1.807, 2.05) is 19.9 Å². The molecule has 0 unspecified atom stereocenters. The fraction of sp³-hybridized carbons (Fsp3) is 0.519. The normalized spacial score (nSPS) is 19.7. The van der Waals surface area contributed by atoms with Crippen molar-refractivity contribution in [1.29, 1.82) is 0 Å². The van der Waals surface area contributed by atoms with Gasteiger partial charge >= 0.3 is 12.5 Å². The molecule has 1 N–H and O–H groups in total. The first-order chi connectivity index (χ1) is 17.1. The summed E-state index contributed by atoms with van der Waals surface area (Å²) in [5, 5.41) is 2.82. The van der Waals surface area contributed by atoms with E-state index < -0.39 is 54.1 Å². The van der Waals surface area contributed by atoms with Crippen LogP contribution in [0.25, 0.3) is 11.1 Å². The summed E-state index contributed by atoms with van der Waals surface area (Å²) in [4.78, 5) is 29.6. The van der Waals surface area contributed by atoms with Crippen LogP contribution >= 0.6 is 0 Å². The van der Waals surface area contributed by atoms with Gasteiger partial charge in [0.05, 0.1) is 17.3 Å². The summed E-state index contributed by atoms with van der Waals surface area (Å²) < 4.78 is 51.4. The minimum atomic E-state index is -3.25. The highest BCUT2D eigenvalue weighted by Gasteiger charge is 2.52. The third kappa shape index (κ3) is 6.41. The van der Waals surface area contributed by atoms with Crippen LogP contribution in [-0.4, -0.2) is 52.4 Å². The van der Waals surface area contributed by atoms with Crippen molar-refractivity contribution >= 4 is 12.0 Å². The molecule has 1 aliphatic rings. The summed E-state index contributed by atoms with van der Waals surface area (Å²) in [5.74, 6) is -1.46. The Balaban J connectivity index is 1.77. The SMILES string of the molecule is CC(C)(C)OC(=O)NC(C)(C)c1ccc(-c2ccc([C@H]3OC(C)(C)N(C(=O)C(F)F)[C@@H]3CF)cc2)cn1. The molecule has 202 valence electrons. The highest BCUT2D eigenvalue weighted by Crippen LogP contribution is 2.42. The van der Waals surface area contributed by atoms with Crippen LogP contribution in [0.1, 0.15) is 65.8 Å². The first-order valence-electron chi connectivity index (χ1n) is 12.0. The van der Waals surface area contributed by atoms with Gasteiger partial charge in [0.2, 0.25) is 0 Å². The van der Waals surface area contributed by atoms with Gasteiger partial charge in [0.1, 0.15) is 24.1 Å². The van der Waals surface area contributed by atoms with Crippen molar-refractivity contribution in [2.75, 3.05) is 6.67 Å². The summed E-state index contributed by atoms with van der Waals surface area (Å²) in [5.41, 5.74) is 0.0338. The number of alkyl halides is 3. The minimum absolute atomic E-state index is 0.545. The Kier molecular flexibility index (Phi) is 7.93. The maximum atomic E-state index is 13.9. The molecule has 1 aromatic heterocycles. The molecule has 1 aliphatic heterocycles. The smallest absolute Gasteiger partial charge is 0.408 e. The lowest BCUT2D eigenvalue weighted by Gasteiger charge is -2.32. The van der Waals surface area contributed by atoms with Gasteiger partial charge in [0.25, 0.3) is 5.91 Å². The van der Waals surface area contributed by atoms with Crippen LogP contribution in [0, 0.1) is 0 Å². The number of pyridine rings is 1. The average molecular weight is 522 g/mol. The molecule has 0 saturated carbocycles. The molecule has 1 fully saturated rings. The zero-order chi connectivity index (χ0) is 27.8. The van der Waals surface area contributed by atoms with Gasteiger partial charge in [-0.3, -0.25) is 9.78 Å². The van der Waals surface area contributed by atoms with Gasteiger partial charge in [-0.1, -0.05) is 30.3 Å². The zero-order valence-corrected chi connectivity index (χ0v) is 22.1. The summed E-state index contributed by atoms with van der Waals surface area (Å²) in [6.45, 7) is 10.9. The van der Waals surface area contributed by atoms with Gasteiger partial charge in [-0.25, -0.2) is 9.18 Å². The Bertz CT molecular complexity index is 1110. The van der Waals surface area contributed by atoms with Crippen LogP contribution in [0.4, 0.5) is 18.0 Å². The molecule has 1 aromatic carbocycles. The van der Waals surface area contributed by atoms with Crippen molar-refractivity contribution in [1.82, 2.24) is 15.2 Å². The second kappa shape index (κ2) is 10.3. The lowest BCUT2D eigenvalue weighted by atomic mass is 9.97. The van der Waals surface area contributed by atoms with Gasteiger partial charge in [-0.2, -0.15) is 8.78 Å². The lowest BCUT2D eigenvalue weighted by molar-refractivity contribution is -0.159. The Hall–Kier alpha value is -3.14. The number of hydrogen-bond donors (Lipinski definition) is 1. The number of nitrogens with zero attached hydrogens (tertiary/aromatic N) is 2. The third-order valence-electron chi connectivity index (χ3n) is 6.05. The zero-order valence-electron chi connectivity index (χ0n) is 22.1. The van der Waals surface area contributed by atoms with Crippen LogP contribution in [0.15, 0.2) is 42.6 Å². The highest BCUT2D eigenvalue weighted by molar-refractivity contribution is 5.80. The van der Waals surface area contributed by atoms with E-state index in [0.29, 0.717) is 11.3 Å². The van der Waals surface area contributed by atoms with Gasteiger partial charge in [0.15, 0.2) is 0 Å². The van der Waals surface area contributed by atoms with Crippen molar-refractivity contribution in [2.24, 2.45) is 0 Å². The minimum Gasteiger partial charge on any atom is -0.444 e. The fourth-order valence-electron chi connectivity index (χ4n) is 4.38.